The molecule has 7 heteroatoms. The molecular weight excluding hydrogens is 370 g/mol. The van der Waals surface area contributed by atoms with E-state index in [-0.39, 0.29) is 5.91 Å². The monoisotopic (exact) mass is 403 g/mol. The molecule has 29 heavy (non-hydrogen) atoms. The number of carbonyl (C=O) groups excluding carboxylic acids is 2. The highest BCUT2D eigenvalue weighted by Crippen LogP contribution is 2.18. The number of nitrogens with zero attached hydrogens (tertiary/aromatic N) is 2. The molecule has 0 aliphatic carbocycles. The lowest BCUT2D eigenvalue weighted by Crippen LogP contribution is -2.56. The first-order chi connectivity index (χ1) is 13.4. The van der Waals surface area contributed by atoms with E-state index >= 15 is 0 Å². The molecule has 0 radical (unpaired) electrons. The van der Waals surface area contributed by atoms with Crippen molar-refractivity contribution in [3.8, 4) is 0 Å². The predicted octanol–water partition coefficient (Wildman–Crippen LogP) is 2.92. The Morgan fingerprint density at radius 2 is 1.72 bits per heavy atom. The van der Waals surface area contributed by atoms with Gasteiger partial charge in [0.2, 0.25) is 11.8 Å². The van der Waals surface area contributed by atoms with Gasteiger partial charge in [-0.05, 0) is 46.1 Å². The topological polar surface area (TPSA) is 90.0 Å². The molecule has 2 N–H and O–H groups in total. The number of rotatable bonds is 8. The minimum atomic E-state index is -1.15. The number of benzene rings is 1. The number of carbonyl (C=O) groups is 3. The molecule has 0 bridgehead atoms. The third-order valence-corrected chi connectivity index (χ3v) is 4.52. The molecule has 0 saturated heterocycles. The number of amides is 3. The summed E-state index contributed by atoms with van der Waals surface area (Å²) in [7, 11) is 3.31. The van der Waals surface area contributed by atoms with Crippen LogP contribution in [0.3, 0.4) is 0 Å². The number of carboxylic acid groups (broad SMARTS) is 1. The average Bonchev–Trinajstić information content (AvgIpc) is 2.62. The fourth-order valence-electron chi connectivity index (χ4n) is 2.99. The van der Waals surface area contributed by atoms with Crippen molar-refractivity contribution in [2.45, 2.75) is 58.2 Å². The zero-order valence-corrected chi connectivity index (χ0v) is 18.2. The van der Waals surface area contributed by atoms with Gasteiger partial charge in [0.1, 0.15) is 6.04 Å². The fraction of sp³-hybridized carbons (Fsp3) is 0.500. The maximum Gasteiger partial charge on any atom is 0.408 e. The summed E-state index contributed by atoms with van der Waals surface area (Å²) in [6.45, 7) is 6.80. The maximum absolute atomic E-state index is 12.8. The number of nitrogens with one attached hydrogen (secondary N) is 1. The van der Waals surface area contributed by atoms with Crippen LogP contribution in [0, 0.1) is 0 Å². The van der Waals surface area contributed by atoms with Gasteiger partial charge in [0, 0.05) is 31.8 Å². The summed E-state index contributed by atoms with van der Waals surface area (Å²) in [5, 5.41) is 12.4. The Balaban J connectivity index is 2.94. The van der Waals surface area contributed by atoms with Crippen LogP contribution in [-0.2, 0) is 16.0 Å². The minimum absolute atomic E-state index is 0.182. The Labute approximate surface area is 173 Å². The number of likely N-dealkylation sites (N-methyl/N-ethyl adjacent to an activating group) is 1. The fourth-order valence-corrected chi connectivity index (χ4v) is 2.99. The molecule has 160 valence electrons. The summed E-state index contributed by atoms with van der Waals surface area (Å²) in [6, 6.07) is 8.57. The number of hydrogen-bond acceptors (Lipinski definition) is 3. The maximum atomic E-state index is 12.8. The van der Waals surface area contributed by atoms with E-state index in [1.807, 2.05) is 30.3 Å². The van der Waals surface area contributed by atoms with Crippen LogP contribution in [0.4, 0.5) is 4.79 Å². The molecule has 0 unspecified atom stereocenters. The average molecular weight is 404 g/mol. The number of hydrogen-bond donors (Lipinski definition) is 2. The largest absolute Gasteiger partial charge is 0.465 e. The Morgan fingerprint density at radius 3 is 2.21 bits per heavy atom. The second kappa shape index (κ2) is 10.6. The van der Waals surface area contributed by atoms with Crippen molar-refractivity contribution < 1.29 is 19.5 Å². The molecule has 7 nitrogen and oxygen atoms in total. The first kappa shape index (κ1) is 24.2. The zero-order chi connectivity index (χ0) is 22.2. The van der Waals surface area contributed by atoms with Crippen LogP contribution in [-0.4, -0.2) is 64.5 Å². The van der Waals surface area contributed by atoms with E-state index in [4.69, 9.17) is 0 Å². The molecule has 1 aromatic carbocycles. The van der Waals surface area contributed by atoms with Crippen molar-refractivity contribution in [2.24, 2.45) is 0 Å². The lowest BCUT2D eigenvalue weighted by Gasteiger charge is -2.37. The SMILES string of the molecule is C[C@@H](C(=O)N[C@H](/C=C/C(=O)N(C)C)CCc1ccccc1)N(C(=O)O)C(C)(C)C. The molecule has 0 heterocycles. The summed E-state index contributed by atoms with van der Waals surface area (Å²) in [5.74, 6) is -0.582. The summed E-state index contributed by atoms with van der Waals surface area (Å²) < 4.78 is 0. The van der Waals surface area contributed by atoms with Crippen molar-refractivity contribution in [3.63, 3.8) is 0 Å². The van der Waals surface area contributed by atoms with E-state index in [1.165, 1.54) is 11.0 Å². The third kappa shape index (κ3) is 7.97. The van der Waals surface area contributed by atoms with Crippen molar-refractivity contribution in [1.29, 1.82) is 0 Å². The van der Waals surface area contributed by atoms with E-state index in [1.54, 1.807) is 47.9 Å². The van der Waals surface area contributed by atoms with Gasteiger partial charge in [-0.2, -0.15) is 0 Å². The first-order valence-electron chi connectivity index (χ1n) is 9.69. The van der Waals surface area contributed by atoms with Crippen molar-refractivity contribution in [3.05, 3.63) is 48.0 Å². The molecule has 2 atom stereocenters. The highest BCUT2D eigenvalue weighted by atomic mass is 16.4. The van der Waals surface area contributed by atoms with Crippen LogP contribution in [0.15, 0.2) is 42.5 Å². The van der Waals surface area contributed by atoms with Crippen molar-refractivity contribution in [1.82, 2.24) is 15.1 Å². The van der Waals surface area contributed by atoms with Gasteiger partial charge in [-0.25, -0.2) is 4.79 Å². The normalized spacial score (nSPS) is 13.6. The quantitative estimate of drug-likeness (QED) is 0.653. The Kier molecular flexibility index (Phi) is 8.88. The second-order valence-corrected chi connectivity index (χ2v) is 8.23. The molecular formula is C22H33N3O4. The van der Waals surface area contributed by atoms with E-state index in [2.05, 4.69) is 5.32 Å². The van der Waals surface area contributed by atoms with Gasteiger partial charge in [-0.3, -0.25) is 14.5 Å². The first-order valence-corrected chi connectivity index (χ1v) is 9.69. The summed E-state index contributed by atoms with van der Waals surface area (Å²) in [5.41, 5.74) is 0.396. The molecule has 1 aromatic rings. The molecule has 0 fully saturated rings. The molecule has 3 amide bonds. The lowest BCUT2D eigenvalue weighted by molar-refractivity contribution is -0.127. The van der Waals surface area contributed by atoms with Gasteiger partial charge < -0.3 is 15.3 Å². The van der Waals surface area contributed by atoms with Crippen molar-refractivity contribution >= 4 is 17.9 Å². The van der Waals surface area contributed by atoms with Crippen LogP contribution >= 0.6 is 0 Å². The highest BCUT2D eigenvalue weighted by molar-refractivity contribution is 5.88. The molecule has 0 aliphatic heterocycles. The molecule has 0 aromatic heterocycles. The summed E-state index contributed by atoms with van der Waals surface area (Å²) >= 11 is 0. The van der Waals surface area contributed by atoms with Crippen LogP contribution in [0.2, 0.25) is 0 Å². The lowest BCUT2D eigenvalue weighted by atomic mass is 10.0. The van der Waals surface area contributed by atoms with Gasteiger partial charge in [0.25, 0.3) is 0 Å². The van der Waals surface area contributed by atoms with E-state index in [0.29, 0.717) is 12.8 Å². The summed E-state index contributed by atoms with van der Waals surface area (Å²) in [4.78, 5) is 38.9. The molecule has 0 spiro atoms. The highest BCUT2D eigenvalue weighted by Gasteiger charge is 2.35. The van der Waals surface area contributed by atoms with Crippen LogP contribution in [0.5, 0.6) is 0 Å². The molecule has 0 aliphatic rings. The predicted molar refractivity (Wildman–Crippen MR) is 114 cm³/mol. The molecule has 0 saturated carbocycles. The standard InChI is InChI=1S/C22H33N3O4/c1-16(25(21(28)29)22(2,3)4)20(27)23-18(14-15-19(26)24(5)6)13-12-17-10-8-7-9-11-17/h7-11,14-16,18H,12-13H2,1-6H3,(H,23,27)(H,28,29)/b15-14+/t16-,18-/m0/s1. The minimum Gasteiger partial charge on any atom is -0.465 e. The van der Waals surface area contributed by atoms with Gasteiger partial charge in [0.15, 0.2) is 0 Å². The van der Waals surface area contributed by atoms with Crippen molar-refractivity contribution in [2.75, 3.05) is 14.1 Å². The van der Waals surface area contributed by atoms with E-state index < -0.39 is 29.6 Å². The van der Waals surface area contributed by atoms with Crippen LogP contribution in [0.1, 0.15) is 39.7 Å². The summed E-state index contributed by atoms with van der Waals surface area (Å²) in [6.07, 6.45) is 3.24. The Hall–Kier alpha value is -2.83. The van der Waals surface area contributed by atoms with Crippen LogP contribution in [0.25, 0.3) is 0 Å². The van der Waals surface area contributed by atoms with Gasteiger partial charge in [-0.15, -0.1) is 0 Å². The van der Waals surface area contributed by atoms with E-state index in [9.17, 15) is 19.5 Å². The Morgan fingerprint density at radius 1 is 1.14 bits per heavy atom. The van der Waals surface area contributed by atoms with Crippen LogP contribution < -0.4 is 5.32 Å². The van der Waals surface area contributed by atoms with E-state index in [0.717, 1.165) is 10.5 Å². The molecule has 1 rings (SSSR count). The smallest absolute Gasteiger partial charge is 0.408 e. The zero-order valence-electron chi connectivity index (χ0n) is 18.2. The Bertz CT molecular complexity index is 723. The third-order valence-electron chi connectivity index (χ3n) is 4.52. The van der Waals surface area contributed by atoms with Gasteiger partial charge >= 0.3 is 6.09 Å². The second-order valence-electron chi connectivity index (χ2n) is 8.23. The van der Waals surface area contributed by atoms with Gasteiger partial charge in [0.05, 0.1) is 0 Å². The number of aryl methyl sites for hydroxylation is 1. The van der Waals surface area contributed by atoms with Gasteiger partial charge in [-0.1, -0.05) is 36.4 Å².